The van der Waals surface area contributed by atoms with E-state index in [9.17, 15) is 4.79 Å². The average Bonchev–Trinajstić information content (AvgIpc) is 3.27. The summed E-state index contributed by atoms with van der Waals surface area (Å²) >= 11 is 0. The van der Waals surface area contributed by atoms with Crippen LogP contribution in [0.15, 0.2) is 59.0 Å². The van der Waals surface area contributed by atoms with Gasteiger partial charge in [-0.15, -0.1) is 0 Å². The van der Waals surface area contributed by atoms with Crippen molar-refractivity contribution in [3.63, 3.8) is 0 Å². The molecule has 3 aromatic rings. The number of rotatable bonds is 7. The number of aromatic nitrogens is 1. The summed E-state index contributed by atoms with van der Waals surface area (Å²) in [5.41, 5.74) is 3.32. The lowest BCUT2D eigenvalue weighted by molar-refractivity contribution is -0.133. The molecule has 26 heavy (non-hydrogen) atoms. The van der Waals surface area contributed by atoms with Crippen molar-refractivity contribution in [3.05, 3.63) is 71.8 Å². The molecule has 0 atom stereocenters. The summed E-state index contributed by atoms with van der Waals surface area (Å²) in [6, 6.07) is 18.3. The van der Waals surface area contributed by atoms with E-state index < -0.39 is 0 Å². The van der Waals surface area contributed by atoms with Crippen LogP contribution in [0.5, 0.6) is 0 Å². The van der Waals surface area contributed by atoms with Gasteiger partial charge in [-0.3, -0.25) is 4.79 Å². The predicted molar refractivity (Wildman–Crippen MR) is 104 cm³/mol. The smallest absolute Gasteiger partial charge is 0.223 e. The number of furan rings is 1. The number of carbonyl (C=O) groups excluding carboxylic acids is 1. The van der Waals surface area contributed by atoms with Gasteiger partial charge in [0.1, 0.15) is 11.5 Å². The van der Waals surface area contributed by atoms with Crippen LogP contribution in [0.1, 0.15) is 37.5 Å². The summed E-state index contributed by atoms with van der Waals surface area (Å²) in [7, 11) is 0. The van der Waals surface area contributed by atoms with Crippen LogP contribution in [0.25, 0.3) is 11.3 Å². The van der Waals surface area contributed by atoms with Gasteiger partial charge in [-0.05, 0) is 57.0 Å². The second-order valence-corrected chi connectivity index (χ2v) is 6.89. The highest BCUT2D eigenvalue weighted by molar-refractivity contribution is 5.76. The number of amides is 1. The maximum absolute atomic E-state index is 12.7. The number of hydrogen-bond acceptors (Lipinski definition) is 2. The predicted octanol–water partition coefficient (Wildman–Crippen LogP) is 4.95. The molecule has 1 amide bonds. The van der Waals surface area contributed by atoms with E-state index in [1.54, 1.807) is 0 Å². The van der Waals surface area contributed by atoms with Crippen molar-refractivity contribution in [2.24, 2.45) is 0 Å². The molecule has 4 nitrogen and oxygen atoms in total. The first-order chi connectivity index (χ1) is 12.5. The Morgan fingerprint density at radius 1 is 1.08 bits per heavy atom. The van der Waals surface area contributed by atoms with Gasteiger partial charge in [0, 0.05) is 23.9 Å². The number of nitrogens with one attached hydrogen (secondary N) is 1. The van der Waals surface area contributed by atoms with Crippen molar-refractivity contribution >= 4 is 5.91 Å². The number of hydrogen-bond donors (Lipinski definition) is 1. The van der Waals surface area contributed by atoms with Crippen LogP contribution < -0.4 is 0 Å². The van der Waals surface area contributed by atoms with E-state index in [1.165, 1.54) is 0 Å². The molecule has 3 rings (SSSR count). The lowest BCUT2D eigenvalue weighted by Gasteiger charge is -2.26. The molecule has 0 saturated heterocycles. The van der Waals surface area contributed by atoms with Crippen LogP contribution in [-0.2, 0) is 17.8 Å². The standard InChI is InChI=1S/C22H26N2O2/c1-16(2)24(15-20-12-9-17(3)26-20)22(25)14-11-19-10-13-21(23-19)18-7-5-4-6-8-18/h4-10,12-13,16,23H,11,14-15H2,1-3H3. The lowest BCUT2D eigenvalue weighted by atomic mass is 10.2. The van der Waals surface area contributed by atoms with E-state index in [1.807, 2.05) is 56.0 Å². The molecule has 2 aromatic heterocycles. The Balaban J connectivity index is 1.60. The molecule has 4 heteroatoms. The molecule has 0 aliphatic heterocycles. The van der Waals surface area contributed by atoms with Gasteiger partial charge in [0.15, 0.2) is 0 Å². The fourth-order valence-corrected chi connectivity index (χ4v) is 3.05. The maximum Gasteiger partial charge on any atom is 0.223 e. The van der Waals surface area contributed by atoms with Crippen LogP contribution in [0.3, 0.4) is 0 Å². The lowest BCUT2D eigenvalue weighted by Crippen LogP contribution is -2.36. The number of H-pyrrole nitrogens is 1. The van der Waals surface area contributed by atoms with Gasteiger partial charge >= 0.3 is 0 Å². The molecule has 1 N–H and O–H groups in total. The molecule has 0 aliphatic carbocycles. The van der Waals surface area contributed by atoms with Gasteiger partial charge in [0.2, 0.25) is 5.91 Å². The van der Waals surface area contributed by atoms with Crippen molar-refractivity contribution in [1.29, 1.82) is 0 Å². The topological polar surface area (TPSA) is 49.2 Å². The third-order valence-corrected chi connectivity index (χ3v) is 4.51. The van der Waals surface area contributed by atoms with Gasteiger partial charge in [-0.2, -0.15) is 0 Å². The van der Waals surface area contributed by atoms with Gasteiger partial charge in [0.05, 0.1) is 6.54 Å². The zero-order valence-corrected chi connectivity index (χ0v) is 15.7. The Labute approximate surface area is 154 Å². The van der Waals surface area contributed by atoms with E-state index in [0.29, 0.717) is 19.4 Å². The van der Waals surface area contributed by atoms with Crippen LogP contribution in [0.2, 0.25) is 0 Å². The third-order valence-electron chi connectivity index (χ3n) is 4.51. The molecule has 136 valence electrons. The number of aromatic amines is 1. The normalized spacial score (nSPS) is 11.1. The van der Waals surface area contributed by atoms with Crippen LogP contribution in [0, 0.1) is 6.92 Å². The van der Waals surface area contributed by atoms with Gasteiger partial charge in [-0.1, -0.05) is 30.3 Å². The molecule has 0 spiro atoms. The van der Waals surface area contributed by atoms with Crippen molar-refractivity contribution in [1.82, 2.24) is 9.88 Å². The van der Waals surface area contributed by atoms with E-state index in [4.69, 9.17) is 4.42 Å². The highest BCUT2D eigenvalue weighted by Crippen LogP contribution is 2.19. The summed E-state index contributed by atoms with van der Waals surface area (Å²) in [6.07, 6.45) is 1.18. The quantitative estimate of drug-likeness (QED) is 0.655. The second kappa shape index (κ2) is 8.09. The minimum Gasteiger partial charge on any atom is -0.464 e. The second-order valence-electron chi connectivity index (χ2n) is 6.89. The Kier molecular flexibility index (Phi) is 5.61. The fourth-order valence-electron chi connectivity index (χ4n) is 3.05. The van der Waals surface area contributed by atoms with Crippen molar-refractivity contribution < 1.29 is 9.21 Å². The molecule has 0 fully saturated rings. The summed E-state index contributed by atoms with van der Waals surface area (Å²) in [5.74, 6) is 1.84. The van der Waals surface area contributed by atoms with E-state index in [0.717, 1.165) is 28.5 Å². The highest BCUT2D eigenvalue weighted by atomic mass is 16.3. The van der Waals surface area contributed by atoms with Crippen LogP contribution in [-0.4, -0.2) is 21.8 Å². The molecular formula is C22H26N2O2. The van der Waals surface area contributed by atoms with E-state index >= 15 is 0 Å². The molecule has 0 aliphatic rings. The molecule has 2 heterocycles. The monoisotopic (exact) mass is 350 g/mol. The molecule has 0 unspecified atom stereocenters. The first kappa shape index (κ1) is 18.1. The zero-order valence-electron chi connectivity index (χ0n) is 15.7. The molecule has 1 aromatic carbocycles. The molecule has 0 radical (unpaired) electrons. The molecule has 0 saturated carbocycles. The van der Waals surface area contributed by atoms with Gasteiger partial charge < -0.3 is 14.3 Å². The summed E-state index contributed by atoms with van der Waals surface area (Å²) in [5, 5.41) is 0. The van der Waals surface area contributed by atoms with Crippen LogP contribution in [0.4, 0.5) is 0 Å². The highest BCUT2D eigenvalue weighted by Gasteiger charge is 2.19. The minimum atomic E-state index is 0.136. The van der Waals surface area contributed by atoms with Crippen molar-refractivity contribution in [2.45, 2.75) is 46.2 Å². The number of carbonyl (C=O) groups is 1. The SMILES string of the molecule is Cc1ccc(CN(C(=O)CCc2ccc(-c3ccccc3)[nH]2)C(C)C)o1. The Hall–Kier alpha value is -2.75. The summed E-state index contributed by atoms with van der Waals surface area (Å²) in [6.45, 7) is 6.51. The zero-order chi connectivity index (χ0) is 18.5. The minimum absolute atomic E-state index is 0.136. The molecule has 0 bridgehead atoms. The fraction of sp³-hybridized carbons (Fsp3) is 0.318. The van der Waals surface area contributed by atoms with Crippen LogP contribution >= 0.6 is 0 Å². The van der Waals surface area contributed by atoms with E-state index in [2.05, 4.69) is 29.2 Å². The first-order valence-corrected chi connectivity index (χ1v) is 9.11. The maximum atomic E-state index is 12.7. The van der Waals surface area contributed by atoms with E-state index in [-0.39, 0.29) is 11.9 Å². The van der Waals surface area contributed by atoms with Gasteiger partial charge in [0.25, 0.3) is 0 Å². The first-order valence-electron chi connectivity index (χ1n) is 9.11. The Bertz CT molecular complexity index is 846. The molecular weight excluding hydrogens is 324 g/mol. The average molecular weight is 350 g/mol. The number of nitrogens with zero attached hydrogens (tertiary/aromatic N) is 1. The van der Waals surface area contributed by atoms with Gasteiger partial charge in [-0.25, -0.2) is 0 Å². The summed E-state index contributed by atoms with van der Waals surface area (Å²) < 4.78 is 5.63. The largest absolute Gasteiger partial charge is 0.464 e. The van der Waals surface area contributed by atoms with Crippen molar-refractivity contribution in [2.75, 3.05) is 0 Å². The Morgan fingerprint density at radius 3 is 2.50 bits per heavy atom. The Morgan fingerprint density at radius 2 is 1.85 bits per heavy atom. The third kappa shape index (κ3) is 4.45. The van der Waals surface area contributed by atoms with Crippen molar-refractivity contribution in [3.8, 4) is 11.3 Å². The number of aryl methyl sites for hydroxylation is 2. The summed E-state index contributed by atoms with van der Waals surface area (Å²) in [4.78, 5) is 18.0. The number of benzene rings is 1.